The van der Waals surface area contributed by atoms with Crippen molar-refractivity contribution < 1.29 is 9.90 Å². The van der Waals surface area contributed by atoms with Crippen LogP contribution in [0.5, 0.6) is 0 Å². The van der Waals surface area contributed by atoms with Crippen LogP contribution in [-0.2, 0) is 0 Å². The quantitative estimate of drug-likeness (QED) is 0.540. The van der Waals surface area contributed by atoms with Crippen LogP contribution in [0, 0.1) is 5.92 Å². The Morgan fingerprint density at radius 1 is 1.73 bits per heavy atom. The van der Waals surface area contributed by atoms with E-state index in [2.05, 4.69) is 17.6 Å². The number of amides is 1. The lowest BCUT2D eigenvalue weighted by atomic mass is 10.0. The third-order valence-corrected chi connectivity index (χ3v) is 2.17. The van der Waals surface area contributed by atoms with Gasteiger partial charge in [-0.05, 0) is 5.92 Å². The highest BCUT2D eigenvalue weighted by molar-refractivity contribution is 5.65. The third-order valence-electron chi connectivity index (χ3n) is 2.17. The molecule has 0 spiro atoms. The van der Waals surface area contributed by atoms with Crippen molar-refractivity contribution in [2.45, 2.75) is 19.4 Å². The van der Waals surface area contributed by atoms with Crippen molar-refractivity contribution in [3.63, 3.8) is 0 Å². The first-order valence-corrected chi connectivity index (χ1v) is 3.94. The van der Waals surface area contributed by atoms with Crippen molar-refractivity contribution >= 4 is 6.09 Å². The van der Waals surface area contributed by atoms with Gasteiger partial charge in [0.25, 0.3) is 0 Å². The van der Waals surface area contributed by atoms with Gasteiger partial charge in [0.05, 0.1) is 0 Å². The molecule has 0 aromatic rings. The molecule has 0 bridgehead atoms. The fourth-order valence-electron chi connectivity index (χ4n) is 1.49. The zero-order chi connectivity index (χ0) is 8.27. The predicted molar refractivity (Wildman–Crippen MR) is 41.6 cm³/mol. The van der Waals surface area contributed by atoms with Crippen LogP contribution < -0.4 is 10.6 Å². The standard InChI is InChI=1S/C7H14N2O2/c1-2-5-3-8-4-6(5)9-7(10)11/h5-6,8-9H,2-4H2,1H3,(H,10,11)/t5-,6-/m1/s1. The second-order valence-electron chi connectivity index (χ2n) is 2.88. The molecule has 64 valence electrons. The number of hydrogen-bond donors (Lipinski definition) is 3. The molecular weight excluding hydrogens is 144 g/mol. The van der Waals surface area contributed by atoms with Crippen molar-refractivity contribution in [2.24, 2.45) is 5.92 Å². The summed E-state index contributed by atoms with van der Waals surface area (Å²) >= 11 is 0. The van der Waals surface area contributed by atoms with Gasteiger partial charge in [0.1, 0.15) is 0 Å². The normalized spacial score (nSPS) is 30.3. The molecule has 1 rings (SSSR count). The number of rotatable bonds is 2. The van der Waals surface area contributed by atoms with Crippen LogP contribution in [0.1, 0.15) is 13.3 Å². The first-order chi connectivity index (χ1) is 5.24. The predicted octanol–water partition coefficient (Wildman–Crippen LogP) is 0.252. The lowest BCUT2D eigenvalue weighted by molar-refractivity contribution is 0.187. The first-order valence-electron chi connectivity index (χ1n) is 3.94. The van der Waals surface area contributed by atoms with Gasteiger partial charge in [0.15, 0.2) is 0 Å². The maximum absolute atomic E-state index is 10.3. The van der Waals surface area contributed by atoms with E-state index in [0.29, 0.717) is 5.92 Å². The topological polar surface area (TPSA) is 61.4 Å². The van der Waals surface area contributed by atoms with Crippen LogP contribution in [0.4, 0.5) is 4.79 Å². The van der Waals surface area contributed by atoms with Gasteiger partial charge in [0, 0.05) is 19.1 Å². The Labute approximate surface area is 66.0 Å². The van der Waals surface area contributed by atoms with Crippen molar-refractivity contribution in [3.05, 3.63) is 0 Å². The lowest BCUT2D eigenvalue weighted by Crippen LogP contribution is -2.39. The molecule has 4 heteroatoms. The van der Waals surface area contributed by atoms with E-state index >= 15 is 0 Å². The monoisotopic (exact) mass is 158 g/mol. The summed E-state index contributed by atoms with van der Waals surface area (Å²) in [6, 6.07) is 0.109. The second kappa shape index (κ2) is 3.57. The minimum absolute atomic E-state index is 0.109. The van der Waals surface area contributed by atoms with E-state index in [0.717, 1.165) is 19.5 Å². The summed E-state index contributed by atoms with van der Waals surface area (Å²) in [7, 11) is 0. The van der Waals surface area contributed by atoms with Crippen LogP contribution in [0.15, 0.2) is 0 Å². The fraction of sp³-hybridized carbons (Fsp3) is 0.857. The Morgan fingerprint density at radius 2 is 2.45 bits per heavy atom. The molecule has 1 aliphatic rings. The number of nitrogens with one attached hydrogen (secondary N) is 2. The summed E-state index contributed by atoms with van der Waals surface area (Å²) in [5.41, 5.74) is 0. The molecule has 1 fully saturated rings. The lowest BCUT2D eigenvalue weighted by Gasteiger charge is -2.15. The number of carboxylic acid groups (broad SMARTS) is 1. The van der Waals surface area contributed by atoms with E-state index in [4.69, 9.17) is 5.11 Å². The molecule has 0 radical (unpaired) electrons. The first kappa shape index (κ1) is 8.33. The maximum Gasteiger partial charge on any atom is 0.404 e. The second-order valence-corrected chi connectivity index (χ2v) is 2.88. The van der Waals surface area contributed by atoms with E-state index in [9.17, 15) is 4.79 Å². The summed E-state index contributed by atoms with van der Waals surface area (Å²) in [4.78, 5) is 10.3. The largest absolute Gasteiger partial charge is 0.465 e. The van der Waals surface area contributed by atoms with Gasteiger partial charge in [-0.25, -0.2) is 4.79 Å². The summed E-state index contributed by atoms with van der Waals surface area (Å²) in [6.45, 7) is 3.78. The smallest absolute Gasteiger partial charge is 0.404 e. The van der Waals surface area contributed by atoms with Crippen molar-refractivity contribution in [2.75, 3.05) is 13.1 Å². The van der Waals surface area contributed by atoms with E-state index in [1.807, 2.05) is 0 Å². The molecular formula is C7H14N2O2. The molecule has 11 heavy (non-hydrogen) atoms. The van der Waals surface area contributed by atoms with E-state index < -0.39 is 6.09 Å². The van der Waals surface area contributed by atoms with Gasteiger partial charge in [-0.2, -0.15) is 0 Å². The third kappa shape index (κ3) is 2.08. The van der Waals surface area contributed by atoms with Crippen LogP contribution >= 0.6 is 0 Å². The molecule has 3 N–H and O–H groups in total. The van der Waals surface area contributed by atoms with E-state index in [1.165, 1.54) is 0 Å². The van der Waals surface area contributed by atoms with Crippen molar-refractivity contribution in [3.8, 4) is 0 Å². The average molecular weight is 158 g/mol. The maximum atomic E-state index is 10.3. The molecule has 4 nitrogen and oxygen atoms in total. The average Bonchev–Trinajstić information content (AvgIpc) is 2.34. The van der Waals surface area contributed by atoms with Gasteiger partial charge in [-0.3, -0.25) is 0 Å². The van der Waals surface area contributed by atoms with Crippen LogP contribution in [0.25, 0.3) is 0 Å². The fourth-order valence-corrected chi connectivity index (χ4v) is 1.49. The molecule has 0 aromatic carbocycles. The molecule has 0 unspecified atom stereocenters. The Morgan fingerprint density at radius 3 is 3.00 bits per heavy atom. The molecule has 2 atom stereocenters. The zero-order valence-corrected chi connectivity index (χ0v) is 6.63. The Bertz CT molecular complexity index is 149. The van der Waals surface area contributed by atoms with Gasteiger partial charge < -0.3 is 15.7 Å². The van der Waals surface area contributed by atoms with Gasteiger partial charge in [0.2, 0.25) is 0 Å². The summed E-state index contributed by atoms with van der Waals surface area (Å²) < 4.78 is 0. The number of hydrogen-bond acceptors (Lipinski definition) is 2. The molecule has 1 saturated heterocycles. The minimum Gasteiger partial charge on any atom is -0.465 e. The van der Waals surface area contributed by atoms with E-state index in [-0.39, 0.29) is 6.04 Å². The summed E-state index contributed by atoms with van der Waals surface area (Å²) in [6.07, 6.45) is 0.106. The Balaban J connectivity index is 2.37. The number of carbonyl (C=O) groups is 1. The molecule has 1 amide bonds. The SMILES string of the molecule is CC[C@@H]1CNC[C@H]1NC(=O)O. The molecule has 1 aliphatic heterocycles. The van der Waals surface area contributed by atoms with E-state index in [1.54, 1.807) is 0 Å². The molecule has 1 heterocycles. The van der Waals surface area contributed by atoms with Gasteiger partial charge in [-0.1, -0.05) is 13.3 Å². The Hall–Kier alpha value is -0.770. The molecule has 0 saturated carbocycles. The van der Waals surface area contributed by atoms with Gasteiger partial charge >= 0.3 is 6.09 Å². The van der Waals surface area contributed by atoms with Crippen LogP contribution in [0.3, 0.4) is 0 Å². The highest BCUT2D eigenvalue weighted by atomic mass is 16.4. The highest BCUT2D eigenvalue weighted by Gasteiger charge is 2.26. The van der Waals surface area contributed by atoms with Gasteiger partial charge in [-0.15, -0.1) is 0 Å². The minimum atomic E-state index is -0.919. The van der Waals surface area contributed by atoms with Crippen LogP contribution in [-0.4, -0.2) is 30.3 Å². The summed E-state index contributed by atoms with van der Waals surface area (Å²) in [5, 5.41) is 14.1. The van der Waals surface area contributed by atoms with Crippen molar-refractivity contribution in [1.82, 2.24) is 10.6 Å². The molecule has 0 aromatic heterocycles. The highest BCUT2D eigenvalue weighted by Crippen LogP contribution is 2.12. The molecule has 0 aliphatic carbocycles. The Kier molecular flexibility index (Phi) is 2.70. The van der Waals surface area contributed by atoms with Crippen molar-refractivity contribution in [1.29, 1.82) is 0 Å². The summed E-state index contributed by atoms with van der Waals surface area (Å²) in [5.74, 6) is 0.464. The van der Waals surface area contributed by atoms with Crippen LogP contribution in [0.2, 0.25) is 0 Å². The zero-order valence-electron chi connectivity index (χ0n) is 6.63.